The van der Waals surface area contributed by atoms with Gasteiger partial charge in [-0.05, 0) is 36.2 Å². The lowest BCUT2D eigenvalue weighted by Crippen LogP contribution is -2.44. The smallest absolute Gasteiger partial charge is 0.238 e. The summed E-state index contributed by atoms with van der Waals surface area (Å²) in [5.41, 5.74) is 1.37. The molecule has 1 aliphatic rings. The third-order valence-electron chi connectivity index (χ3n) is 4.79. The Balaban J connectivity index is 1.82. The lowest BCUT2D eigenvalue weighted by Gasteiger charge is -2.38. The SMILES string of the molecule is CN1C(=O)CC[C@@H](C(=O)Nc2ccc(S(N)(=O)=O)cc2)[C@H]1c1ccccc1. The maximum absolute atomic E-state index is 12.9. The van der Waals surface area contributed by atoms with Crippen molar-refractivity contribution in [3.8, 4) is 0 Å². The van der Waals surface area contributed by atoms with E-state index in [9.17, 15) is 18.0 Å². The van der Waals surface area contributed by atoms with Crippen LogP contribution in [0.2, 0.25) is 0 Å². The highest BCUT2D eigenvalue weighted by Gasteiger charge is 2.38. The number of carbonyl (C=O) groups is 2. The molecule has 0 aliphatic carbocycles. The molecule has 2 aromatic carbocycles. The van der Waals surface area contributed by atoms with Crippen LogP contribution >= 0.6 is 0 Å². The Morgan fingerprint density at radius 3 is 2.33 bits per heavy atom. The molecule has 7 nitrogen and oxygen atoms in total. The van der Waals surface area contributed by atoms with E-state index >= 15 is 0 Å². The quantitative estimate of drug-likeness (QED) is 0.835. The summed E-state index contributed by atoms with van der Waals surface area (Å²) in [7, 11) is -2.07. The van der Waals surface area contributed by atoms with E-state index in [1.54, 1.807) is 11.9 Å². The molecule has 2 aromatic rings. The molecule has 27 heavy (non-hydrogen) atoms. The van der Waals surface area contributed by atoms with E-state index in [2.05, 4.69) is 5.32 Å². The van der Waals surface area contributed by atoms with E-state index in [0.29, 0.717) is 18.5 Å². The predicted molar refractivity (Wildman–Crippen MR) is 101 cm³/mol. The standard InChI is InChI=1S/C19H21N3O4S/c1-22-17(23)12-11-16(18(22)13-5-3-2-4-6-13)19(24)21-14-7-9-15(10-8-14)27(20,25)26/h2-10,16,18H,11-12H2,1H3,(H,21,24)(H2,20,25,26)/t16-,18-/m1/s1. The van der Waals surface area contributed by atoms with E-state index in [0.717, 1.165) is 5.56 Å². The first-order chi connectivity index (χ1) is 12.8. The van der Waals surface area contributed by atoms with Crippen LogP contribution in [0.4, 0.5) is 5.69 Å². The number of piperidine rings is 1. The van der Waals surface area contributed by atoms with Crippen molar-refractivity contribution in [3.05, 3.63) is 60.2 Å². The first-order valence-corrected chi connectivity index (χ1v) is 10.1. The topological polar surface area (TPSA) is 110 Å². The van der Waals surface area contributed by atoms with Crippen LogP contribution in [0.3, 0.4) is 0 Å². The number of rotatable bonds is 4. The average molecular weight is 387 g/mol. The summed E-state index contributed by atoms with van der Waals surface area (Å²) in [6.45, 7) is 0. The maximum atomic E-state index is 12.9. The van der Waals surface area contributed by atoms with Crippen LogP contribution in [0, 0.1) is 5.92 Å². The maximum Gasteiger partial charge on any atom is 0.238 e. The molecule has 1 saturated heterocycles. The zero-order valence-corrected chi connectivity index (χ0v) is 15.6. The number of benzene rings is 2. The highest BCUT2D eigenvalue weighted by molar-refractivity contribution is 7.89. The van der Waals surface area contributed by atoms with Crippen molar-refractivity contribution in [1.29, 1.82) is 0 Å². The molecule has 0 radical (unpaired) electrons. The zero-order chi connectivity index (χ0) is 19.6. The normalized spacial score (nSPS) is 20.4. The number of anilines is 1. The van der Waals surface area contributed by atoms with Gasteiger partial charge in [0.15, 0.2) is 0 Å². The van der Waals surface area contributed by atoms with Gasteiger partial charge in [-0.15, -0.1) is 0 Å². The Bertz CT molecular complexity index is 943. The fourth-order valence-corrected chi connectivity index (χ4v) is 3.90. The molecule has 0 unspecified atom stereocenters. The van der Waals surface area contributed by atoms with Crippen molar-refractivity contribution in [3.63, 3.8) is 0 Å². The van der Waals surface area contributed by atoms with Crippen LogP contribution in [0.1, 0.15) is 24.4 Å². The van der Waals surface area contributed by atoms with E-state index in [1.807, 2.05) is 30.3 Å². The van der Waals surface area contributed by atoms with Crippen LogP contribution in [0.15, 0.2) is 59.5 Å². The number of nitrogens with two attached hydrogens (primary N) is 1. The van der Waals surface area contributed by atoms with Crippen LogP contribution in [-0.2, 0) is 19.6 Å². The lowest BCUT2D eigenvalue weighted by atomic mass is 9.84. The fraction of sp³-hybridized carbons (Fsp3) is 0.263. The van der Waals surface area contributed by atoms with Gasteiger partial charge in [-0.2, -0.15) is 0 Å². The second-order valence-electron chi connectivity index (χ2n) is 6.56. The van der Waals surface area contributed by atoms with Gasteiger partial charge in [-0.1, -0.05) is 30.3 Å². The van der Waals surface area contributed by atoms with Gasteiger partial charge >= 0.3 is 0 Å². The van der Waals surface area contributed by atoms with Gasteiger partial charge in [0.2, 0.25) is 21.8 Å². The van der Waals surface area contributed by atoms with Crippen molar-refractivity contribution in [2.45, 2.75) is 23.8 Å². The molecule has 0 saturated carbocycles. The first kappa shape index (κ1) is 19.1. The minimum atomic E-state index is -3.78. The van der Waals surface area contributed by atoms with Gasteiger partial charge in [0.25, 0.3) is 0 Å². The van der Waals surface area contributed by atoms with Crippen molar-refractivity contribution in [2.24, 2.45) is 11.1 Å². The average Bonchev–Trinajstić information content (AvgIpc) is 2.64. The Hall–Kier alpha value is -2.71. The van der Waals surface area contributed by atoms with E-state index in [1.165, 1.54) is 24.3 Å². The molecule has 0 spiro atoms. The molecule has 2 atom stereocenters. The third-order valence-corrected chi connectivity index (χ3v) is 5.72. The summed E-state index contributed by atoms with van der Waals surface area (Å²) in [4.78, 5) is 26.7. The molecule has 142 valence electrons. The monoisotopic (exact) mass is 387 g/mol. The summed E-state index contributed by atoms with van der Waals surface area (Å²) in [6, 6.07) is 14.8. The fourth-order valence-electron chi connectivity index (χ4n) is 3.38. The molecule has 0 aromatic heterocycles. The van der Waals surface area contributed by atoms with Gasteiger partial charge in [-0.25, -0.2) is 13.6 Å². The summed E-state index contributed by atoms with van der Waals surface area (Å²) < 4.78 is 22.7. The van der Waals surface area contributed by atoms with Crippen molar-refractivity contribution >= 4 is 27.5 Å². The summed E-state index contributed by atoms with van der Waals surface area (Å²) in [5.74, 6) is -0.620. The van der Waals surface area contributed by atoms with Gasteiger partial charge in [0.1, 0.15) is 0 Å². The summed E-state index contributed by atoms with van der Waals surface area (Å²) in [5, 5.41) is 7.90. The number of likely N-dealkylation sites (tertiary alicyclic amines) is 1. The number of sulfonamides is 1. The number of amides is 2. The third kappa shape index (κ3) is 4.17. The Morgan fingerprint density at radius 2 is 1.74 bits per heavy atom. The zero-order valence-electron chi connectivity index (χ0n) is 14.8. The second-order valence-corrected chi connectivity index (χ2v) is 8.13. The van der Waals surface area contributed by atoms with Crippen molar-refractivity contribution < 1.29 is 18.0 Å². The molecule has 0 bridgehead atoms. The molecule has 1 fully saturated rings. The predicted octanol–water partition coefficient (Wildman–Crippen LogP) is 1.88. The van der Waals surface area contributed by atoms with Crippen LogP contribution in [0.5, 0.6) is 0 Å². The van der Waals surface area contributed by atoms with Crippen LogP contribution < -0.4 is 10.5 Å². The summed E-state index contributed by atoms with van der Waals surface area (Å²) in [6.07, 6.45) is 0.756. The molecular weight excluding hydrogens is 366 g/mol. The number of primary sulfonamides is 1. The highest BCUT2D eigenvalue weighted by Crippen LogP contribution is 2.36. The molecular formula is C19H21N3O4S. The molecule has 3 N–H and O–H groups in total. The van der Waals surface area contributed by atoms with E-state index < -0.39 is 15.9 Å². The highest BCUT2D eigenvalue weighted by atomic mass is 32.2. The van der Waals surface area contributed by atoms with Gasteiger partial charge in [-0.3, -0.25) is 9.59 Å². The van der Waals surface area contributed by atoms with Gasteiger partial charge < -0.3 is 10.2 Å². The largest absolute Gasteiger partial charge is 0.338 e. The van der Waals surface area contributed by atoms with Gasteiger partial charge in [0.05, 0.1) is 16.9 Å². The van der Waals surface area contributed by atoms with Crippen molar-refractivity contribution in [1.82, 2.24) is 4.90 Å². The number of hydrogen-bond donors (Lipinski definition) is 2. The molecule has 3 rings (SSSR count). The van der Waals surface area contributed by atoms with Crippen LogP contribution in [-0.4, -0.2) is 32.2 Å². The number of hydrogen-bond acceptors (Lipinski definition) is 4. The second kappa shape index (κ2) is 7.50. The van der Waals surface area contributed by atoms with E-state index in [-0.39, 0.29) is 22.8 Å². The lowest BCUT2D eigenvalue weighted by molar-refractivity contribution is -0.140. The molecule has 1 heterocycles. The molecule has 2 amide bonds. The summed E-state index contributed by atoms with van der Waals surface area (Å²) >= 11 is 0. The Kier molecular flexibility index (Phi) is 5.29. The molecule has 8 heteroatoms. The Labute approximate surface area is 158 Å². The van der Waals surface area contributed by atoms with Gasteiger partial charge in [0, 0.05) is 19.2 Å². The minimum absolute atomic E-state index is 0.00501. The number of nitrogens with zero attached hydrogens (tertiary/aromatic N) is 1. The first-order valence-electron chi connectivity index (χ1n) is 8.51. The number of carbonyl (C=O) groups excluding carboxylic acids is 2. The van der Waals surface area contributed by atoms with Crippen molar-refractivity contribution in [2.75, 3.05) is 12.4 Å². The van der Waals surface area contributed by atoms with Crippen LogP contribution in [0.25, 0.3) is 0 Å². The number of nitrogens with one attached hydrogen (secondary N) is 1. The molecule has 1 aliphatic heterocycles. The van der Waals surface area contributed by atoms with E-state index in [4.69, 9.17) is 5.14 Å². The Morgan fingerprint density at radius 1 is 1.11 bits per heavy atom. The minimum Gasteiger partial charge on any atom is -0.338 e.